The molecular formula is C17H18N4O2. The molecule has 23 heavy (non-hydrogen) atoms. The van der Waals surface area contributed by atoms with Gasteiger partial charge in [0.2, 0.25) is 5.91 Å². The number of nitrogens with zero attached hydrogens (tertiary/aromatic N) is 3. The minimum absolute atomic E-state index is 0.105. The van der Waals surface area contributed by atoms with Crippen molar-refractivity contribution in [2.75, 3.05) is 13.1 Å². The third kappa shape index (κ3) is 2.72. The van der Waals surface area contributed by atoms with E-state index in [1.807, 2.05) is 35.2 Å². The van der Waals surface area contributed by atoms with Crippen LogP contribution in [0.4, 0.5) is 0 Å². The third-order valence-corrected chi connectivity index (χ3v) is 4.51. The fraction of sp³-hybridized carbons (Fsp3) is 0.353. The highest BCUT2D eigenvalue weighted by Gasteiger charge is 2.26. The van der Waals surface area contributed by atoms with Gasteiger partial charge in [0.1, 0.15) is 5.69 Å². The molecule has 6 nitrogen and oxygen atoms in total. The maximum atomic E-state index is 12.6. The van der Waals surface area contributed by atoms with E-state index in [0.717, 1.165) is 42.6 Å². The maximum Gasteiger partial charge on any atom is 0.228 e. The lowest BCUT2D eigenvalue weighted by atomic mass is 9.94. The lowest BCUT2D eigenvalue weighted by Gasteiger charge is -2.32. The van der Waals surface area contributed by atoms with Gasteiger partial charge >= 0.3 is 0 Å². The zero-order chi connectivity index (χ0) is 15.6. The topological polar surface area (TPSA) is 75.0 Å². The van der Waals surface area contributed by atoms with Crippen molar-refractivity contribution in [1.29, 1.82) is 0 Å². The number of piperidine rings is 1. The summed E-state index contributed by atoms with van der Waals surface area (Å²) in [6, 6.07) is 9.63. The number of hydrogen-bond acceptors (Lipinski definition) is 4. The molecule has 118 valence electrons. The normalized spacial score (nSPS) is 18.4. The third-order valence-electron chi connectivity index (χ3n) is 4.51. The van der Waals surface area contributed by atoms with E-state index in [9.17, 15) is 4.79 Å². The molecule has 6 heteroatoms. The van der Waals surface area contributed by atoms with E-state index in [1.165, 1.54) is 0 Å². The number of nitrogens with one attached hydrogen (secondary N) is 1. The molecule has 1 saturated heterocycles. The molecule has 1 aromatic carbocycles. The zero-order valence-electron chi connectivity index (χ0n) is 12.7. The standard InChI is InChI=1S/C17H18N4O2/c22-17(10-15-13-5-1-2-6-16(13)23-20-15)21-9-3-4-12(11-21)14-7-8-18-19-14/h1-2,5-8,12H,3-4,9-11H2,(H,18,19). The summed E-state index contributed by atoms with van der Waals surface area (Å²) in [5.41, 5.74) is 2.55. The van der Waals surface area contributed by atoms with Gasteiger partial charge < -0.3 is 9.42 Å². The van der Waals surface area contributed by atoms with Crippen LogP contribution in [0.2, 0.25) is 0 Å². The molecule has 1 N–H and O–H groups in total. The van der Waals surface area contributed by atoms with E-state index in [1.54, 1.807) is 6.20 Å². The lowest BCUT2D eigenvalue weighted by molar-refractivity contribution is -0.131. The van der Waals surface area contributed by atoms with E-state index in [0.29, 0.717) is 11.6 Å². The second-order valence-electron chi connectivity index (χ2n) is 5.99. The number of hydrogen-bond donors (Lipinski definition) is 1. The van der Waals surface area contributed by atoms with Gasteiger partial charge in [0.25, 0.3) is 0 Å². The maximum absolute atomic E-state index is 12.6. The highest BCUT2D eigenvalue weighted by molar-refractivity contribution is 5.86. The molecule has 1 atom stereocenters. The average molecular weight is 310 g/mol. The van der Waals surface area contributed by atoms with Crippen LogP contribution in [-0.2, 0) is 11.2 Å². The minimum atomic E-state index is 0.105. The van der Waals surface area contributed by atoms with Crippen LogP contribution >= 0.6 is 0 Å². The van der Waals surface area contributed by atoms with Gasteiger partial charge in [0.15, 0.2) is 5.58 Å². The second kappa shape index (κ2) is 5.87. The van der Waals surface area contributed by atoms with Gasteiger partial charge in [-0.1, -0.05) is 17.3 Å². The molecule has 0 radical (unpaired) electrons. The summed E-state index contributed by atoms with van der Waals surface area (Å²) >= 11 is 0. The van der Waals surface area contributed by atoms with Gasteiger partial charge in [-0.3, -0.25) is 9.89 Å². The lowest BCUT2D eigenvalue weighted by Crippen LogP contribution is -2.40. The van der Waals surface area contributed by atoms with Gasteiger partial charge in [0.05, 0.1) is 6.42 Å². The number of aromatic nitrogens is 3. The molecule has 0 saturated carbocycles. The molecule has 0 bridgehead atoms. The fourth-order valence-corrected chi connectivity index (χ4v) is 3.27. The Morgan fingerprint density at radius 1 is 1.35 bits per heavy atom. The van der Waals surface area contributed by atoms with Crippen molar-refractivity contribution in [1.82, 2.24) is 20.3 Å². The fourth-order valence-electron chi connectivity index (χ4n) is 3.27. The van der Waals surface area contributed by atoms with Gasteiger partial charge in [-0.05, 0) is 31.0 Å². The first-order valence-electron chi connectivity index (χ1n) is 7.91. The minimum Gasteiger partial charge on any atom is -0.356 e. The van der Waals surface area contributed by atoms with Gasteiger partial charge in [-0.25, -0.2) is 0 Å². The van der Waals surface area contributed by atoms with Crippen LogP contribution in [0, 0.1) is 0 Å². The van der Waals surface area contributed by atoms with E-state index in [-0.39, 0.29) is 12.3 Å². The summed E-state index contributed by atoms with van der Waals surface area (Å²) in [6.07, 6.45) is 4.14. The van der Waals surface area contributed by atoms with Crippen molar-refractivity contribution in [3.8, 4) is 0 Å². The Morgan fingerprint density at radius 3 is 3.13 bits per heavy atom. The number of carbonyl (C=O) groups is 1. The summed E-state index contributed by atoms with van der Waals surface area (Å²) in [4.78, 5) is 14.6. The van der Waals surface area contributed by atoms with Crippen LogP contribution in [0.1, 0.15) is 30.1 Å². The van der Waals surface area contributed by atoms with Crippen molar-refractivity contribution in [3.05, 3.63) is 47.9 Å². The number of rotatable bonds is 3. The van der Waals surface area contributed by atoms with Crippen LogP contribution in [0.5, 0.6) is 0 Å². The number of carbonyl (C=O) groups excluding carboxylic acids is 1. The first kappa shape index (κ1) is 14.0. The van der Waals surface area contributed by atoms with Crippen molar-refractivity contribution >= 4 is 16.9 Å². The average Bonchev–Trinajstić information content (AvgIpc) is 3.25. The largest absolute Gasteiger partial charge is 0.356 e. The molecule has 2 aromatic heterocycles. The van der Waals surface area contributed by atoms with Crippen molar-refractivity contribution in [2.45, 2.75) is 25.2 Å². The Bertz CT molecular complexity index is 809. The van der Waals surface area contributed by atoms with Crippen LogP contribution in [-0.4, -0.2) is 39.3 Å². The molecule has 1 amide bonds. The number of benzene rings is 1. The van der Waals surface area contributed by atoms with Gasteiger partial charge in [-0.15, -0.1) is 0 Å². The van der Waals surface area contributed by atoms with E-state index >= 15 is 0 Å². The molecule has 3 heterocycles. The predicted molar refractivity (Wildman–Crippen MR) is 84.9 cm³/mol. The number of amides is 1. The summed E-state index contributed by atoms with van der Waals surface area (Å²) in [5.74, 6) is 0.442. The van der Waals surface area contributed by atoms with Gasteiger partial charge in [0, 0.05) is 36.3 Å². The van der Waals surface area contributed by atoms with E-state index < -0.39 is 0 Å². The molecule has 1 aliphatic rings. The smallest absolute Gasteiger partial charge is 0.228 e. The molecule has 1 unspecified atom stereocenters. The van der Waals surface area contributed by atoms with Gasteiger partial charge in [-0.2, -0.15) is 5.10 Å². The van der Waals surface area contributed by atoms with Crippen molar-refractivity contribution in [3.63, 3.8) is 0 Å². The van der Waals surface area contributed by atoms with Crippen LogP contribution in [0.25, 0.3) is 11.0 Å². The second-order valence-corrected chi connectivity index (χ2v) is 5.99. The molecule has 4 rings (SSSR count). The van der Waals surface area contributed by atoms with Crippen molar-refractivity contribution < 1.29 is 9.32 Å². The summed E-state index contributed by atoms with van der Waals surface area (Å²) < 4.78 is 5.28. The summed E-state index contributed by atoms with van der Waals surface area (Å²) in [5, 5.41) is 12.0. The SMILES string of the molecule is O=C(Cc1noc2ccccc12)N1CCCC(c2ccn[nH]2)C1. The first-order chi connectivity index (χ1) is 11.3. The zero-order valence-corrected chi connectivity index (χ0v) is 12.7. The molecule has 0 aliphatic carbocycles. The highest BCUT2D eigenvalue weighted by atomic mass is 16.5. The number of aromatic amines is 1. The van der Waals surface area contributed by atoms with E-state index in [2.05, 4.69) is 15.4 Å². The quantitative estimate of drug-likeness (QED) is 0.806. The molecular weight excluding hydrogens is 292 g/mol. The molecule has 1 aliphatic heterocycles. The molecule has 1 fully saturated rings. The number of fused-ring (bicyclic) bond motifs is 1. The summed E-state index contributed by atoms with van der Waals surface area (Å²) in [7, 11) is 0. The monoisotopic (exact) mass is 310 g/mol. The molecule has 3 aromatic rings. The Hall–Kier alpha value is -2.63. The predicted octanol–water partition coefficient (Wildman–Crippen LogP) is 2.50. The Balaban J connectivity index is 1.48. The Morgan fingerprint density at radius 2 is 2.26 bits per heavy atom. The Kier molecular flexibility index (Phi) is 3.57. The van der Waals surface area contributed by atoms with Crippen LogP contribution in [0.15, 0.2) is 41.1 Å². The first-order valence-corrected chi connectivity index (χ1v) is 7.91. The van der Waals surface area contributed by atoms with Crippen molar-refractivity contribution in [2.24, 2.45) is 0 Å². The summed E-state index contributed by atoms with van der Waals surface area (Å²) in [6.45, 7) is 1.54. The van der Waals surface area contributed by atoms with Crippen LogP contribution < -0.4 is 0 Å². The number of likely N-dealkylation sites (tertiary alicyclic amines) is 1. The number of H-pyrrole nitrogens is 1. The van der Waals surface area contributed by atoms with E-state index in [4.69, 9.17) is 4.52 Å². The highest BCUT2D eigenvalue weighted by Crippen LogP contribution is 2.26. The number of para-hydroxylation sites is 1. The molecule has 0 spiro atoms. The van der Waals surface area contributed by atoms with Crippen LogP contribution in [0.3, 0.4) is 0 Å². The Labute approximate surface area is 133 Å².